The summed E-state index contributed by atoms with van der Waals surface area (Å²) in [5, 5.41) is 8.56. The van der Waals surface area contributed by atoms with E-state index in [4.69, 9.17) is 4.74 Å². The lowest BCUT2D eigenvalue weighted by molar-refractivity contribution is -0.157. The summed E-state index contributed by atoms with van der Waals surface area (Å²) in [5.74, 6) is -1.07. The molecule has 1 saturated heterocycles. The minimum atomic E-state index is -1.04. The van der Waals surface area contributed by atoms with Crippen LogP contribution in [-0.4, -0.2) is 28.5 Å². The lowest BCUT2D eigenvalue weighted by atomic mass is 9.65. The first kappa shape index (κ1) is 20.8. The minimum Gasteiger partial charge on any atom is -0.459 e. The smallest absolute Gasteiger partial charge is 0.324 e. The van der Waals surface area contributed by atoms with Gasteiger partial charge in [-0.25, -0.2) is 0 Å². The van der Waals surface area contributed by atoms with Crippen LogP contribution in [0.25, 0.3) is 0 Å². The van der Waals surface area contributed by atoms with Crippen molar-refractivity contribution in [2.75, 3.05) is 5.32 Å². The van der Waals surface area contributed by atoms with Crippen LogP contribution in [0, 0.1) is 0 Å². The number of hydrogen-bond donors (Lipinski definition) is 2. The Bertz CT molecular complexity index is 1160. The zero-order valence-corrected chi connectivity index (χ0v) is 19.0. The van der Waals surface area contributed by atoms with E-state index in [1.807, 2.05) is 80.7 Å². The zero-order chi connectivity index (χ0) is 22.5. The van der Waals surface area contributed by atoms with E-state index in [0.29, 0.717) is 5.69 Å². The molecular formula is C25H25N3O3S. The van der Waals surface area contributed by atoms with Gasteiger partial charge in [0.2, 0.25) is 5.91 Å². The number of thiophene rings is 1. The lowest BCUT2D eigenvalue weighted by Gasteiger charge is -2.34. The average molecular weight is 448 g/mol. The van der Waals surface area contributed by atoms with Crippen molar-refractivity contribution in [3.8, 4) is 0 Å². The van der Waals surface area contributed by atoms with E-state index in [1.54, 1.807) is 17.5 Å². The second-order valence-electron chi connectivity index (χ2n) is 9.23. The van der Waals surface area contributed by atoms with Crippen molar-refractivity contribution in [2.24, 2.45) is 0 Å². The Morgan fingerprint density at radius 1 is 1.09 bits per heavy atom. The van der Waals surface area contributed by atoms with E-state index < -0.39 is 29.0 Å². The van der Waals surface area contributed by atoms with Crippen LogP contribution in [0.15, 0.2) is 66.2 Å². The van der Waals surface area contributed by atoms with Crippen molar-refractivity contribution in [2.45, 2.75) is 49.8 Å². The van der Waals surface area contributed by atoms with Crippen LogP contribution in [0.3, 0.4) is 0 Å². The van der Waals surface area contributed by atoms with Crippen LogP contribution in [0.2, 0.25) is 0 Å². The normalized spacial score (nSPS) is 26.7. The van der Waals surface area contributed by atoms with Crippen molar-refractivity contribution in [3.05, 3.63) is 82.3 Å². The standard InChI is InChI=1S/C25H25N3O3S/c1-24(2,3)31-22(29)20-19(17-11-6-7-13-26-17)25(21(28-20)18-12-8-14-32-18)15-9-4-5-10-16(15)27-23(25)30/h4-14,19-21,28H,1-3H3,(H,27,30)/t19-,20+,21-,25-/m1/s1. The number of pyridine rings is 1. The molecular weight excluding hydrogens is 422 g/mol. The molecule has 0 aliphatic carbocycles. The molecule has 0 unspecified atom stereocenters. The molecule has 2 aliphatic rings. The fourth-order valence-electron chi connectivity index (χ4n) is 5.04. The molecule has 5 rings (SSSR count). The number of carbonyl (C=O) groups excluding carboxylic acids is 2. The number of aromatic nitrogens is 1. The summed E-state index contributed by atoms with van der Waals surface area (Å²) >= 11 is 1.57. The van der Waals surface area contributed by atoms with Gasteiger partial charge in [0.25, 0.3) is 0 Å². The maximum Gasteiger partial charge on any atom is 0.324 e. The largest absolute Gasteiger partial charge is 0.459 e. The van der Waals surface area contributed by atoms with Gasteiger partial charge >= 0.3 is 5.97 Å². The van der Waals surface area contributed by atoms with Crippen molar-refractivity contribution in [3.63, 3.8) is 0 Å². The fraction of sp³-hybridized carbons (Fsp3) is 0.320. The Morgan fingerprint density at radius 3 is 2.56 bits per heavy atom. The highest BCUT2D eigenvalue weighted by Crippen LogP contribution is 2.59. The van der Waals surface area contributed by atoms with Gasteiger partial charge in [-0.1, -0.05) is 30.3 Å². The first-order valence-corrected chi connectivity index (χ1v) is 11.5. The first-order chi connectivity index (χ1) is 15.3. The summed E-state index contributed by atoms with van der Waals surface area (Å²) in [5.41, 5.74) is 0.625. The second kappa shape index (κ2) is 7.53. The molecule has 2 aliphatic heterocycles. The molecule has 32 heavy (non-hydrogen) atoms. The zero-order valence-electron chi connectivity index (χ0n) is 18.2. The number of amides is 1. The third kappa shape index (κ3) is 3.15. The quantitative estimate of drug-likeness (QED) is 0.589. The highest BCUT2D eigenvalue weighted by molar-refractivity contribution is 7.10. The summed E-state index contributed by atoms with van der Waals surface area (Å²) < 4.78 is 5.81. The van der Waals surface area contributed by atoms with Crippen LogP contribution in [0.4, 0.5) is 5.69 Å². The Kier molecular flexibility index (Phi) is 4.91. The highest BCUT2D eigenvalue weighted by atomic mass is 32.1. The van der Waals surface area contributed by atoms with E-state index >= 15 is 0 Å². The summed E-state index contributed by atoms with van der Waals surface area (Å²) in [6, 6.07) is 16.1. The Morgan fingerprint density at radius 2 is 1.88 bits per heavy atom. The number of fused-ring (bicyclic) bond motifs is 2. The van der Waals surface area contributed by atoms with Crippen LogP contribution >= 0.6 is 11.3 Å². The van der Waals surface area contributed by atoms with E-state index in [0.717, 1.165) is 16.1 Å². The molecule has 7 heteroatoms. The van der Waals surface area contributed by atoms with E-state index in [1.165, 1.54) is 0 Å². The number of benzene rings is 1. The lowest BCUT2D eigenvalue weighted by Crippen LogP contribution is -2.45. The molecule has 4 atom stereocenters. The van der Waals surface area contributed by atoms with Gasteiger partial charge in [0.05, 0.1) is 6.04 Å². The molecule has 1 spiro atoms. The van der Waals surface area contributed by atoms with Gasteiger partial charge in [0, 0.05) is 28.4 Å². The van der Waals surface area contributed by atoms with Gasteiger partial charge in [-0.3, -0.25) is 19.9 Å². The molecule has 2 N–H and O–H groups in total. The molecule has 164 valence electrons. The molecule has 4 heterocycles. The van der Waals surface area contributed by atoms with E-state index in [-0.39, 0.29) is 11.9 Å². The number of rotatable bonds is 3. The molecule has 2 aromatic heterocycles. The molecule has 0 radical (unpaired) electrons. The molecule has 1 amide bonds. The number of nitrogens with zero attached hydrogens (tertiary/aromatic N) is 1. The minimum absolute atomic E-state index is 0.133. The van der Waals surface area contributed by atoms with Crippen molar-refractivity contribution in [1.82, 2.24) is 10.3 Å². The number of esters is 1. The highest BCUT2D eigenvalue weighted by Gasteiger charge is 2.67. The Balaban J connectivity index is 1.76. The third-order valence-corrected chi connectivity index (χ3v) is 7.05. The molecule has 6 nitrogen and oxygen atoms in total. The average Bonchev–Trinajstić information content (AvgIpc) is 3.46. The number of nitrogens with one attached hydrogen (secondary N) is 2. The number of anilines is 1. The fourth-order valence-corrected chi connectivity index (χ4v) is 5.90. The number of carbonyl (C=O) groups is 2. The maximum absolute atomic E-state index is 13.9. The van der Waals surface area contributed by atoms with Crippen molar-refractivity contribution < 1.29 is 14.3 Å². The predicted molar refractivity (Wildman–Crippen MR) is 124 cm³/mol. The first-order valence-electron chi connectivity index (χ1n) is 10.7. The molecule has 0 saturated carbocycles. The summed E-state index contributed by atoms with van der Waals surface area (Å²) in [7, 11) is 0. The Labute approximate surface area is 191 Å². The van der Waals surface area contributed by atoms with Gasteiger partial charge in [0.1, 0.15) is 17.1 Å². The van der Waals surface area contributed by atoms with Gasteiger partial charge < -0.3 is 10.1 Å². The topological polar surface area (TPSA) is 80.3 Å². The van der Waals surface area contributed by atoms with Gasteiger partial charge in [0.15, 0.2) is 0 Å². The van der Waals surface area contributed by atoms with E-state index in [2.05, 4.69) is 15.6 Å². The SMILES string of the molecule is CC(C)(C)OC(=O)[C@H]1N[C@H](c2cccs2)[C@]2(C(=O)Nc3ccccc32)[C@@H]1c1ccccn1. The van der Waals surface area contributed by atoms with Gasteiger partial charge in [-0.2, -0.15) is 0 Å². The Hall–Kier alpha value is -3.03. The van der Waals surface area contributed by atoms with E-state index in [9.17, 15) is 9.59 Å². The monoisotopic (exact) mass is 447 g/mol. The van der Waals surface area contributed by atoms with Gasteiger partial charge in [-0.15, -0.1) is 11.3 Å². The molecule has 3 aromatic rings. The molecule has 1 aromatic carbocycles. The number of hydrogen-bond acceptors (Lipinski definition) is 6. The maximum atomic E-state index is 13.9. The summed E-state index contributed by atoms with van der Waals surface area (Å²) in [6.07, 6.45) is 1.70. The molecule has 1 fully saturated rings. The van der Waals surface area contributed by atoms with Crippen LogP contribution in [-0.2, 0) is 19.7 Å². The summed E-state index contributed by atoms with van der Waals surface area (Å²) in [6.45, 7) is 5.54. The van der Waals surface area contributed by atoms with Crippen LogP contribution < -0.4 is 10.6 Å². The number of para-hydroxylation sites is 1. The van der Waals surface area contributed by atoms with Crippen molar-refractivity contribution in [1.29, 1.82) is 0 Å². The van der Waals surface area contributed by atoms with Gasteiger partial charge in [-0.05, 0) is 56.0 Å². The van der Waals surface area contributed by atoms with Crippen LogP contribution in [0.1, 0.15) is 48.9 Å². The third-order valence-electron chi connectivity index (χ3n) is 6.12. The molecule has 0 bridgehead atoms. The second-order valence-corrected chi connectivity index (χ2v) is 10.2. The summed E-state index contributed by atoms with van der Waals surface area (Å²) in [4.78, 5) is 32.9. The van der Waals surface area contributed by atoms with Crippen molar-refractivity contribution >= 4 is 28.9 Å². The number of ether oxygens (including phenoxy) is 1. The predicted octanol–water partition coefficient (Wildman–Crippen LogP) is 4.17. The van der Waals surface area contributed by atoms with Crippen LogP contribution in [0.5, 0.6) is 0 Å².